The van der Waals surface area contributed by atoms with Gasteiger partial charge in [-0.05, 0) is 36.4 Å². The number of aromatic carboxylic acids is 1. The maximum absolute atomic E-state index is 12.5. The van der Waals surface area contributed by atoms with Crippen LogP contribution in [0.15, 0.2) is 47.6 Å². The zero-order chi connectivity index (χ0) is 24.7. The second-order valence-electron chi connectivity index (χ2n) is 6.93. The number of amides is 2. The van der Waals surface area contributed by atoms with Crippen molar-refractivity contribution in [3.63, 3.8) is 0 Å². The molecule has 3 N–H and O–H groups in total. The first-order valence-corrected chi connectivity index (χ1v) is 11.0. The smallest absolute Gasteiger partial charge is 0.335 e. The minimum atomic E-state index is -1.07. The molecule has 34 heavy (non-hydrogen) atoms. The topological polar surface area (TPSA) is 145 Å². The van der Waals surface area contributed by atoms with Gasteiger partial charge in [0.05, 0.1) is 32.1 Å². The van der Waals surface area contributed by atoms with Crippen molar-refractivity contribution in [3.8, 4) is 11.5 Å². The van der Waals surface area contributed by atoms with Crippen molar-refractivity contribution in [2.45, 2.75) is 11.7 Å². The summed E-state index contributed by atoms with van der Waals surface area (Å²) in [5, 5.41) is 23.1. The summed E-state index contributed by atoms with van der Waals surface area (Å²) in [5.74, 6) is -0.198. The molecule has 0 unspecified atom stereocenters. The number of carboxylic acid groups (broad SMARTS) is 1. The highest BCUT2D eigenvalue weighted by Gasteiger charge is 2.15. The quantitative estimate of drug-likeness (QED) is 0.368. The minimum Gasteiger partial charge on any atom is -0.493 e. The van der Waals surface area contributed by atoms with Gasteiger partial charge in [-0.1, -0.05) is 17.8 Å². The van der Waals surface area contributed by atoms with Gasteiger partial charge in [-0.3, -0.25) is 9.59 Å². The van der Waals surface area contributed by atoms with Crippen molar-refractivity contribution in [1.82, 2.24) is 20.1 Å². The van der Waals surface area contributed by atoms with Gasteiger partial charge in [0.25, 0.3) is 5.91 Å². The maximum Gasteiger partial charge on any atom is 0.335 e. The highest BCUT2D eigenvalue weighted by atomic mass is 32.2. The number of ether oxygens (including phenoxy) is 2. The van der Waals surface area contributed by atoms with Gasteiger partial charge in [0.2, 0.25) is 5.91 Å². The Morgan fingerprint density at radius 3 is 2.50 bits per heavy atom. The Labute approximate surface area is 199 Å². The highest BCUT2D eigenvalue weighted by molar-refractivity contribution is 7.99. The zero-order valence-electron chi connectivity index (χ0n) is 18.7. The predicted molar refractivity (Wildman–Crippen MR) is 124 cm³/mol. The molecule has 0 radical (unpaired) electrons. The van der Waals surface area contributed by atoms with Gasteiger partial charge < -0.3 is 29.8 Å². The molecule has 0 saturated carbocycles. The van der Waals surface area contributed by atoms with E-state index in [-0.39, 0.29) is 29.7 Å². The zero-order valence-corrected chi connectivity index (χ0v) is 19.5. The second kappa shape index (κ2) is 11.2. The maximum atomic E-state index is 12.5. The SMILES string of the molecule is COc1ccc(C(=O)NCc2nnc(SCC(=O)Nc3cccc(C(=O)O)c3)n2C)cc1OC. The molecule has 2 amide bonds. The van der Waals surface area contributed by atoms with E-state index in [1.165, 1.54) is 26.4 Å². The van der Waals surface area contributed by atoms with Gasteiger partial charge in [0.1, 0.15) is 0 Å². The molecular formula is C22H23N5O6S. The number of hydrogen-bond acceptors (Lipinski definition) is 8. The molecule has 0 aliphatic rings. The van der Waals surface area contributed by atoms with Crippen molar-refractivity contribution in [2.24, 2.45) is 7.05 Å². The van der Waals surface area contributed by atoms with Gasteiger partial charge in [-0.25, -0.2) is 4.79 Å². The molecule has 0 fully saturated rings. The second-order valence-corrected chi connectivity index (χ2v) is 7.88. The van der Waals surface area contributed by atoms with Crippen LogP contribution in [0.4, 0.5) is 5.69 Å². The van der Waals surface area contributed by atoms with Crippen molar-refractivity contribution in [2.75, 3.05) is 25.3 Å². The fraction of sp³-hybridized carbons (Fsp3) is 0.227. The molecule has 1 aromatic heterocycles. The lowest BCUT2D eigenvalue weighted by molar-refractivity contribution is -0.113. The number of anilines is 1. The Kier molecular flexibility index (Phi) is 8.09. The van der Waals surface area contributed by atoms with Gasteiger partial charge in [-0.15, -0.1) is 10.2 Å². The number of hydrogen-bond donors (Lipinski definition) is 3. The van der Waals surface area contributed by atoms with Crippen LogP contribution in [0.5, 0.6) is 11.5 Å². The lowest BCUT2D eigenvalue weighted by Gasteiger charge is -2.10. The Morgan fingerprint density at radius 2 is 1.79 bits per heavy atom. The third-order valence-electron chi connectivity index (χ3n) is 4.70. The van der Waals surface area contributed by atoms with Gasteiger partial charge in [-0.2, -0.15) is 0 Å². The van der Waals surface area contributed by atoms with Gasteiger partial charge >= 0.3 is 5.97 Å². The molecule has 2 aromatic carbocycles. The van der Waals surface area contributed by atoms with Crippen LogP contribution in [0.1, 0.15) is 26.5 Å². The predicted octanol–water partition coefficient (Wildman–Crippen LogP) is 2.19. The van der Waals surface area contributed by atoms with E-state index in [0.717, 1.165) is 11.8 Å². The van der Waals surface area contributed by atoms with Crippen LogP contribution >= 0.6 is 11.8 Å². The lowest BCUT2D eigenvalue weighted by Crippen LogP contribution is -2.24. The largest absolute Gasteiger partial charge is 0.493 e. The van der Waals surface area contributed by atoms with Crippen molar-refractivity contribution in [3.05, 3.63) is 59.4 Å². The first-order valence-electron chi connectivity index (χ1n) is 9.97. The van der Waals surface area contributed by atoms with Crippen LogP contribution in [-0.2, 0) is 18.4 Å². The molecule has 0 bridgehead atoms. The van der Waals surface area contributed by atoms with Gasteiger partial charge in [0.15, 0.2) is 22.5 Å². The molecule has 3 aromatic rings. The summed E-state index contributed by atoms with van der Waals surface area (Å²) >= 11 is 1.16. The van der Waals surface area contributed by atoms with Crippen LogP contribution in [0.3, 0.4) is 0 Å². The van der Waals surface area contributed by atoms with Crippen molar-refractivity contribution >= 4 is 35.2 Å². The molecule has 178 valence electrons. The Morgan fingerprint density at radius 1 is 1.03 bits per heavy atom. The number of rotatable bonds is 10. The van der Waals surface area contributed by atoms with Crippen LogP contribution < -0.4 is 20.1 Å². The number of aromatic nitrogens is 3. The number of benzene rings is 2. The summed E-state index contributed by atoms with van der Waals surface area (Å²) in [6.07, 6.45) is 0. The molecule has 0 aliphatic carbocycles. The highest BCUT2D eigenvalue weighted by Crippen LogP contribution is 2.27. The van der Waals surface area contributed by atoms with Crippen LogP contribution in [-0.4, -0.2) is 57.6 Å². The van der Waals surface area contributed by atoms with Crippen molar-refractivity contribution in [1.29, 1.82) is 0 Å². The number of nitrogens with zero attached hydrogens (tertiary/aromatic N) is 3. The first-order chi connectivity index (χ1) is 16.3. The van der Waals surface area contributed by atoms with Crippen LogP contribution in [0.25, 0.3) is 0 Å². The molecular weight excluding hydrogens is 462 g/mol. The molecule has 1 heterocycles. The standard InChI is InChI=1S/C22H23N5O6S/c1-27-18(11-23-20(29)13-7-8-16(32-2)17(10-13)33-3)25-26-22(27)34-12-19(28)24-15-6-4-5-14(9-15)21(30)31/h4-10H,11-12H2,1-3H3,(H,23,29)(H,24,28)(H,30,31). The molecule has 0 aliphatic heterocycles. The van der Waals surface area contributed by atoms with E-state index in [9.17, 15) is 14.4 Å². The van der Waals surface area contributed by atoms with Crippen LogP contribution in [0, 0.1) is 0 Å². The Balaban J connectivity index is 1.54. The fourth-order valence-electron chi connectivity index (χ4n) is 2.92. The normalized spacial score (nSPS) is 10.4. The summed E-state index contributed by atoms with van der Waals surface area (Å²) < 4.78 is 12.1. The lowest BCUT2D eigenvalue weighted by atomic mass is 10.2. The number of methoxy groups -OCH3 is 2. The molecule has 11 nitrogen and oxygen atoms in total. The summed E-state index contributed by atoms with van der Waals surface area (Å²) in [4.78, 5) is 35.8. The Hall–Kier alpha value is -4.06. The molecule has 0 atom stereocenters. The molecule has 0 spiro atoms. The number of carbonyl (C=O) groups is 3. The molecule has 3 rings (SSSR count). The van der Waals surface area contributed by atoms with Crippen molar-refractivity contribution < 1.29 is 29.0 Å². The Bertz CT molecular complexity index is 1210. The van der Waals surface area contributed by atoms with E-state index >= 15 is 0 Å². The third kappa shape index (κ3) is 6.04. The third-order valence-corrected chi connectivity index (χ3v) is 5.72. The van der Waals surface area contributed by atoms with E-state index < -0.39 is 5.97 Å². The average molecular weight is 486 g/mol. The van der Waals surface area contributed by atoms with E-state index in [1.54, 1.807) is 41.9 Å². The van der Waals surface area contributed by atoms with Gasteiger partial charge in [0, 0.05) is 18.3 Å². The van der Waals surface area contributed by atoms with E-state index in [0.29, 0.717) is 33.7 Å². The average Bonchev–Trinajstić information content (AvgIpc) is 3.19. The summed E-state index contributed by atoms with van der Waals surface area (Å²) in [6, 6.07) is 10.8. The fourth-order valence-corrected chi connectivity index (χ4v) is 3.65. The van der Waals surface area contributed by atoms with E-state index in [4.69, 9.17) is 14.6 Å². The summed E-state index contributed by atoms with van der Waals surface area (Å²) in [6.45, 7) is 0.130. The summed E-state index contributed by atoms with van der Waals surface area (Å²) in [7, 11) is 4.74. The molecule has 12 heteroatoms. The van der Waals surface area contributed by atoms with E-state index in [2.05, 4.69) is 20.8 Å². The van der Waals surface area contributed by atoms with E-state index in [1.807, 2.05) is 0 Å². The summed E-state index contributed by atoms with van der Waals surface area (Å²) in [5.41, 5.74) is 0.874. The minimum absolute atomic E-state index is 0.0429. The monoisotopic (exact) mass is 485 g/mol. The van der Waals surface area contributed by atoms with Crippen LogP contribution in [0.2, 0.25) is 0 Å². The first kappa shape index (κ1) is 24.6. The number of thioether (sulfide) groups is 1. The number of carboxylic acids is 1. The number of nitrogens with one attached hydrogen (secondary N) is 2. The number of carbonyl (C=O) groups excluding carboxylic acids is 2. The molecule has 0 saturated heterocycles.